The molecule has 3 heteroatoms. The van der Waals surface area contributed by atoms with E-state index in [0.717, 1.165) is 5.03 Å². The maximum atomic E-state index is 4.28. The number of hydrogen-bond donors (Lipinski definition) is 0. The molecule has 3 aromatic rings. The monoisotopic (exact) mass is 238 g/mol. The summed E-state index contributed by atoms with van der Waals surface area (Å²) < 4.78 is 0. The largest absolute Gasteiger partial charge is 0.260 e. The van der Waals surface area contributed by atoms with E-state index in [-0.39, 0.29) is 0 Å². The lowest BCUT2D eigenvalue weighted by molar-refractivity contribution is 1.06. The highest BCUT2D eigenvalue weighted by atomic mass is 32.2. The Morgan fingerprint density at radius 1 is 0.882 bits per heavy atom. The van der Waals surface area contributed by atoms with Gasteiger partial charge in [-0.05, 0) is 16.8 Å². The molecule has 17 heavy (non-hydrogen) atoms. The normalized spacial score (nSPS) is 10.6. The molecule has 0 saturated carbocycles. The van der Waals surface area contributed by atoms with Crippen molar-refractivity contribution in [3.8, 4) is 0 Å². The highest BCUT2D eigenvalue weighted by Gasteiger charge is 2.02. The van der Waals surface area contributed by atoms with Crippen molar-refractivity contribution in [1.82, 2.24) is 9.97 Å². The Morgan fingerprint density at radius 2 is 1.76 bits per heavy atom. The van der Waals surface area contributed by atoms with Crippen molar-refractivity contribution in [2.75, 3.05) is 0 Å². The molecule has 82 valence electrons. The Labute approximate surface area is 104 Å². The standard InChI is InChI=1S/C14H10N2S/c1-2-6-12-11(4-1)5-3-7-13(12)17-14-10-15-8-9-16-14/h1-10H. The zero-order valence-corrected chi connectivity index (χ0v) is 9.89. The summed E-state index contributed by atoms with van der Waals surface area (Å²) in [6.07, 6.45) is 5.19. The molecule has 0 unspecified atom stereocenters. The summed E-state index contributed by atoms with van der Waals surface area (Å²) >= 11 is 1.64. The van der Waals surface area contributed by atoms with Gasteiger partial charge in [0.2, 0.25) is 0 Å². The highest BCUT2D eigenvalue weighted by molar-refractivity contribution is 7.99. The van der Waals surface area contributed by atoms with Gasteiger partial charge < -0.3 is 0 Å². The Kier molecular flexibility index (Phi) is 2.76. The van der Waals surface area contributed by atoms with Crippen LogP contribution < -0.4 is 0 Å². The van der Waals surface area contributed by atoms with E-state index in [1.54, 1.807) is 30.4 Å². The molecular weight excluding hydrogens is 228 g/mol. The van der Waals surface area contributed by atoms with Crippen molar-refractivity contribution >= 4 is 22.5 Å². The lowest BCUT2D eigenvalue weighted by atomic mass is 10.1. The summed E-state index contributed by atoms with van der Waals surface area (Å²) in [7, 11) is 0. The molecule has 3 rings (SSSR count). The highest BCUT2D eigenvalue weighted by Crippen LogP contribution is 2.31. The fraction of sp³-hybridized carbons (Fsp3) is 0. The van der Waals surface area contributed by atoms with Crippen molar-refractivity contribution < 1.29 is 0 Å². The first kappa shape index (κ1) is 10.3. The van der Waals surface area contributed by atoms with Gasteiger partial charge in [0.15, 0.2) is 0 Å². The summed E-state index contributed by atoms with van der Waals surface area (Å²) in [4.78, 5) is 9.57. The number of aromatic nitrogens is 2. The number of rotatable bonds is 2. The average molecular weight is 238 g/mol. The minimum Gasteiger partial charge on any atom is -0.260 e. The summed E-state index contributed by atoms with van der Waals surface area (Å²) in [5.41, 5.74) is 0. The molecule has 0 N–H and O–H groups in total. The molecule has 2 aromatic carbocycles. The van der Waals surface area contributed by atoms with Gasteiger partial charge >= 0.3 is 0 Å². The SMILES string of the molecule is c1ccc2c(Sc3cnccn3)cccc2c1. The second-order valence-electron chi connectivity index (χ2n) is 3.62. The van der Waals surface area contributed by atoms with Crippen LogP contribution in [0.4, 0.5) is 0 Å². The fourth-order valence-electron chi connectivity index (χ4n) is 1.74. The quantitative estimate of drug-likeness (QED) is 0.679. The number of fused-ring (bicyclic) bond motifs is 1. The minimum absolute atomic E-state index is 0.920. The second-order valence-corrected chi connectivity index (χ2v) is 4.69. The first-order chi connectivity index (χ1) is 8.43. The molecule has 2 nitrogen and oxygen atoms in total. The predicted molar refractivity (Wildman–Crippen MR) is 70.1 cm³/mol. The molecule has 0 aliphatic heterocycles. The zero-order chi connectivity index (χ0) is 11.5. The van der Waals surface area contributed by atoms with Gasteiger partial charge in [0.05, 0.1) is 6.20 Å². The Bertz CT molecular complexity index is 633. The third-order valence-electron chi connectivity index (χ3n) is 2.50. The van der Waals surface area contributed by atoms with Gasteiger partial charge in [0.25, 0.3) is 0 Å². The summed E-state index contributed by atoms with van der Waals surface area (Å²) in [5.74, 6) is 0. The van der Waals surface area contributed by atoms with Crippen LogP contribution in [0.2, 0.25) is 0 Å². The molecule has 0 aliphatic carbocycles. The van der Waals surface area contributed by atoms with E-state index in [1.807, 2.05) is 0 Å². The van der Waals surface area contributed by atoms with Crippen LogP contribution in [0.5, 0.6) is 0 Å². The molecule has 0 saturated heterocycles. The first-order valence-electron chi connectivity index (χ1n) is 5.35. The van der Waals surface area contributed by atoms with E-state index in [9.17, 15) is 0 Å². The van der Waals surface area contributed by atoms with Gasteiger partial charge in [-0.3, -0.25) is 4.98 Å². The third-order valence-corrected chi connectivity index (χ3v) is 3.50. The Morgan fingerprint density at radius 3 is 2.65 bits per heavy atom. The second kappa shape index (κ2) is 4.55. The molecular formula is C14H10N2S. The van der Waals surface area contributed by atoms with Crippen molar-refractivity contribution in [3.63, 3.8) is 0 Å². The van der Waals surface area contributed by atoms with E-state index in [2.05, 4.69) is 52.4 Å². The molecule has 0 aliphatic rings. The molecule has 0 radical (unpaired) electrons. The molecule has 0 atom stereocenters. The van der Waals surface area contributed by atoms with E-state index in [1.165, 1.54) is 15.7 Å². The molecule has 0 fully saturated rings. The summed E-state index contributed by atoms with van der Waals surface area (Å²) in [6.45, 7) is 0. The average Bonchev–Trinajstić information content (AvgIpc) is 2.40. The first-order valence-corrected chi connectivity index (χ1v) is 6.17. The molecule has 0 spiro atoms. The van der Waals surface area contributed by atoms with Crippen LogP contribution in [-0.4, -0.2) is 9.97 Å². The van der Waals surface area contributed by atoms with Crippen LogP contribution in [0.3, 0.4) is 0 Å². The van der Waals surface area contributed by atoms with Gasteiger partial charge in [0.1, 0.15) is 5.03 Å². The van der Waals surface area contributed by atoms with Crippen molar-refractivity contribution in [3.05, 3.63) is 61.1 Å². The van der Waals surface area contributed by atoms with Crippen LogP contribution in [-0.2, 0) is 0 Å². The van der Waals surface area contributed by atoms with Gasteiger partial charge in [-0.1, -0.05) is 48.2 Å². The zero-order valence-electron chi connectivity index (χ0n) is 9.08. The number of benzene rings is 2. The van der Waals surface area contributed by atoms with E-state index >= 15 is 0 Å². The third kappa shape index (κ3) is 2.15. The van der Waals surface area contributed by atoms with Crippen molar-refractivity contribution in [2.45, 2.75) is 9.92 Å². The Hall–Kier alpha value is -1.87. The van der Waals surface area contributed by atoms with Crippen LogP contribution in [0.25, 0.3) is 10.8 Å². The van der Waals surface area contributed by atoms with Crippen LogP contribution in [0.1, 0.15) is 0 Å². The minimum atomic E-state index is 0.920. The lowest BCUT2D eigenvalue weighted by Crippen LogP contribution is -1.82. The Balaban J connectivity index is 2.06. The molecule has 0 amide bonds. The van der Waals surface area contributed by atoms with Gasteiger partial charge in [-0.15, -0.1) is 0 Å². The topological polar surface area (TPSA) is 25.8 Å². The van der Waals surface area contributed by atoms with Crippen molar-refractivity contribution in [1.29, 1.82) is 0 Å². The summed E-state index contributed by atoms with van der Waals surface area (Å²) in [5, 5.41) is 3.43. The van der Waals surface area contributed by atoms with E-state index in [0.29, 0.717) is 0 Å². The molecule has 1 heterocycles. The van der Waals surface area contributed by atoms with Gasteiger partial charge in [-0.25, -0.2) is 4.98 Å². The number of nitrogens with zero attached hydrogens (tertiary/aromatic N) is 2. The predicted octanol–water partition coefficient (Wildman–Crippen LogP) is 3.78. The molecule has 1 aromatic heterocycles. The lowest BCUT2D eigenvalue weighted by Gasteiger charge is -2.04. The van der Waals surface area contributed by atoms with Gasteiger partial charge in [-0.2, -0.15) is 0 Å². The van der Waals surface area contributed by atoms with Crippen LogP contribution in [0, 0.1) is 0 Å². The van der Waals surface area contributed by atoms with E-state index in [4.69, 9.17) is 0 Å². The van der Waals surface area contributed by atoms with Crippen LogP contribution >= 0.6 is 11.8 Å². The van der Waals surface area contributed by atoms with Gasteiger partial charge in [0, 0.05) is 17.3 Å². The van der Waals surface area contributed by atoms with E-state index < -0.39 is 0 Å². The molecule has 0 bridgehead atoms. The van der Waals surface area contributed by atoms with Crippen molar-refractivity contribution in [2.24, 2.45) is 0 Å². The number of hydrogen-bond acceptors (Lipinski definition) is 3. The maximum Gasteiger partial charge on any atom is 0.119 e. The summed E-state index contributed by atoms with van der Waals surface area (Å²) in [6, 6.07) is 14.7. The maximum absolute atomic E-state index is 4.28. The fourth-order valence-corrected chi connectivity index (χ4v) is 2.63. The van der Waals surface area contributed by atoms with Crippen LogP contribution in [0.15, 0.2) is 71.0 Å². The smallest absolute Gasteiger partial charge is 0.119 e.